The van der Waals surface area contributed by atoms with Gasteiger partial charge in [0.15, 0.2) is 11.6 Å². The number of nitrogens with zero attached hydrogens (tertiary/aromatic N) is 4. The van der Waals surface area contributed by atoms with E-state index in [9.17, 15) is 0 Å². The molecule has 0 spiro atoms. The van der Waals surface area contributed by atoms with Crippen LogP contribution in [0.3, 0.4) is 0 Å². The third-order valence-corrected chi connectivity index (χ3v) is 12.5. The summed E-state index contributed by atoms with van der Waals surface area (Å²) in [5, 5.41) is 5.49. The Hall–Kier alpha value is -8.61. The molecule has 13 rings (SSSR count). The summed E-state index contributed by atoms with van der Waals surface area (Å²) >= 11 is 0. The highest BCUT2D eigenvalue weighted by Gasteiger charge is 2.22. The Kier molecular flexibility index (Phi) is 8.18. The minimum Gasteiger partial charge on any atom is -0.456 e. The van der Waals surface area contributed by atoms with E-state index in [1.165, 1.54) is 0 Å². The molecule has 64 heavy (non-hydrogen) atoms. The van der Waals surface area contributed by atoms with Crippen molar-refractivity contribution in [1.82, 2.24) is 19.5 Å². The van der Waals surface area contributed by atoms with Crippen molar-refractivity contribution >= 4 is 66.9 Å². The SMILES string of the molecule is C1=Cc2oc3c(-c4cccc(-c5cccc(-c6cccc7c8ccccc8n(-c8nc(-c9ccccc9)nc(-c9ccc%10c(c9)oc9ccccc9%10)n8)c67)c5)c4)cccc3c2C=CC1. The lowest BCUT2D eigenvalue weighted by molar-refractivity contribution is 0.604. The van der Waals surface area contributed by atoms with Gasteiger partial charge in [0.1, 0.15) is 22.5 Å². The first kappa shape index (κ1) is 36.1. The molecule has 0 aliphatic heterocycles. The average molecular weight is 821 g/mol. The van der Waals surface area contributed by atoms with Crippen molar-refractivity contribution in [3.63, 3.8) is 0 Å². The number of para-hydroxylation sites is 4. The smallest absolute Gasteiger partial charge is 0.238 e. The van der Waals surface area contributed by atoms with Crippen LogP contribution in [0.15, 0.2) is 203 Å². The molecule has 1 aliphatic rings. The summed E-state index contributed by atoms with van der Waals surface area (Å²) in [5.41, 5.74) is 14.0. The van der Waals surface area contributed by atoms with Crippen LogP contribution in [0.25, 0.3) is 129 Å². The first-order chi connectivity index (χ1) is 31.7. The largest absolute Gasteiger partial charge is 0.456 e. The summed E-state index contributed by atoms with van der Waals surface area (Å²) in [6.07, 6.45) is 9.50. The van der Waals surface area contributed by atoms with Gasteiger partial charge in [0.25, 0.3) is 0 Å². The molecule has 8 aromatic carbocycles. The second-order valence-electron chi connectivity index (χ2n) is 16.3. The number of hydrogen-bond donors (Lipinski definition) is 0. The van der Waals surface area contributed by atoms with Gasteiger partial charge < -0.3 is 8.83 Å². The maximum atomic E-state index is 6.53. The highest BCUT2D eigenvalue weighted by atomic mass is 16.3. The molecule has 12 aromatic rings. The van der Waals surface area contributed by atoms with E-state index in [1.807, 2.05) is 54.6 Å². The van der Waals surface area contributed by atoms with Crippen molar-refractivity contribution in [1.29, 1.82) is 0 Å². The van der Waals surface area contributed by atoms with Gasteiger partial charge in [-0.1, -0.05) is 164 Å². The van der Waals surface area contributed by atoms with Crippen molar-refractivity contribution in [2.45, 2.75) is 6.42 Å². The van der Waals surface area contributed by atoms with Gasteiger partial charge in [-0.2, -0.15) is 9.97 Å². The predicted octanol–water partition coefficient (Wildman–Crippen LogP) is 15.4. The lowest BCUT2D eigenvalue weighted by Crippen LogP contribution is -2.07. The standard InChI is InChI=1S/C58H36N4O2/c1-3-15-36(16-4-1)56-59-57(41-31-32-47-45-23-8-10-30-51(45)63-53(47)35-41)61-58(60-56)62-50-28-9-7-21-44(50)48-26-13-24-42(54(48)62)39-19-11-17-37(33-39)38-18-12-20-40(34-38)43-25-14-27-49-46-22-5-2-6-29-52(46)64-55(43)49/h1,3-35H,2H2. The molecule has 4 aromatic heterocycles. The van der Waals surface area contributed by atoms with Crippen LogP contribution in [-0.4, -0.2) is 19.5 Å². The van der Waals surface area contributed by atoms with E-state index >= 15 is 0 Å². The van der Waals surface area contributed by atoms with E-state index in [1.54, 1.807) is 0 Å². The molecular weight excluding hydrogens is 785 g/mol. The van der Waals surface area contributed by atoms with E-state index in [2.05, 4.69) is 156 Å². The molecule has 0 fully saturated rings. The van der Waals surface area contributed by atoms with Crippen LogP contribution in [-0.2, 0) is 0 Å². The molecule has 0 N–H and O–H groups in total. The van der Waals surface area contributed by atoms with Crippen LogP contribution in [0.1, 0.15) is 17.7 Å². The summed E-state index contributed by atoms with van der Waals surface area (Å²) in [5.74, 6) is 2.58. The molecule has 6 nitrogen and oxygen atoms in total. The third kappa shape index (κ3) is 5.84. The Morgan fingerprint density at radius 2 is 1.03 bits per heavy atom. The quantitative estimate of drug-likeness (QED) is 0.167. The summed E-state index contributed by atoms with van der Waals surface area (Å²) < 4.78 is 15.1. The zero-order chi connectivity index (χ0) is 42.1. The van der Waals surface area contributed by atoms with Crippen molar-refractivity contribution in [2.24, 2.45) is 0 Å². The van der Waals surface area contributed by atoms with Crippen LogP contribution in [0, 0.1) is 0 Å². The monoisotopic (exact) mass is 820 g/mol. The fourth-order valence-corrected chi connectivity index (χ4v) is 9.49. The zero-order valence-electron chi connectivity index (χ0n) is 34.4. The minimum absolute atomic E-state index is 0.534. The predicted molar refractivity (Wildman–Crippen MR) is 261 cm³/mol. The lowest BCUT2D eigenvalue weighted by Gasteiger charge is -2.14. The molecule has 0 saturated heterocycles. The molecule has 4 heterocycles. The molecule has 300 valence electrons. The normalized spacial score (nSPS) is 12.5. The zero-order valence-corrected chi connectivity index (χ0v) is 34.4. The van der Waals surface area contributed by atoms with Gasteiger partial charge >= 0.3 is 0 Å². The number of benzene rings is 8. The second kappa shape index (κ2) is 14.5. The van der Waals surface area contributed by atoms with Crippen molar-refractivity contribution in [3.05, 3.63) is 205 Å². The number of hydrogen-bond acceptors (Lipinski definition) is 5. The molecule has 0 unspecified atom stereocenters. The number of rotatable bonds is 6. The number of furan rings is 2. The first-order valence-electron chi connectivity index (χ1n) is 21.6. The third-order valence-electron chi connectivity index (χ3n) is 12.5. The van der Waals surface area contributed by atoms with Gasteiger partial charge in [-0.05, 0) is 71.1 Å². The van der Waals surface area contributed by atoms with Crippen molar-refractivity contribution in [3.8, 4) is 62.1 Å². The van der Waals surface area contributed by atoms with Crippen molar-refractivity contribution in [2.75, 3.05) is 0 Å². The molecule has 0 atom stereocenters. The molecule has 0 radical (unpaired) electrons. The maximum absolute atomic E-state index is 6.53. The first-order valence-corrected chi connectivity index (χ1v) is 21.6. The fourth-order valence-electron chi connectivity index (χ4n) is 9.49. The summed E-state index contributed by atoms with van der Waals surface area (Å²) in [6, 6.07) is 63.5. The Morgan fingerprint density at radius 1 is 0.406 bits per heavy atom. The Labute approximate surface area is 367 Å². The van der Waals surface area contributed by atoms with Gasteiger partial charge in [0, 0.05) is 54.7 Å². The minimum atomic E-state index is 0.534. The Bertz CT molecular complexity index is 3890. The lowest BCUT2D eigenvalue weighted by atomic mass is 9.95. The Balaban J connectivity index is 0.976. The van der Waals surface area contributed by atoms with Crippen LogP contribution < -0.4 is 0 Å². The molecule has 0 bridgehead atoms. The van der Waals surface area contributed by atoms with E-state index < -0.39 is 0 Å². The second-order valence-corrected chi connectivity index (χ2v) is 16.3. The van der Waals surface area contributed by atoms with E-state index in [0.29, 0.717) is 17.6 Å². The van der Waals surface area contributed by atoms with E-state index in [0.717, 1.165) is 117 Å². The van der Waals surface area contributed by atoms with E-state index in [4.69, 9.17) is 23.8 Å². The topological polar surface area (TPSA) is 69.9 Å². The highest BCUT2D eigenvalue weighted by Crippen LogP contribution is 2.41. The fraction of sp³-hybridized carbons (Fsp3) is 0.0172. The molecule has 1 aliphatic carbocycles. The molecule has 0 amide bonds. The van der Waals surface area contributed by atoms with Crippen LogP contribution in [0.4, 0.5) is 0 Å². The molecule has 6 heteroatoms. The number of aromatic nitrogens is 4. The van der Waals surface area contributed by atoms with Crippen LogP contribution in [0.2, 0.25) is 0 Å². The molecule has 0 saturated carbocycles. The Morgan fingerprint density at radius 3 is 1.88 bits per heavy atom. The van der Waals surface area contributed by atoms with Crippen LogP contribution in [0.5, 0.6) is 0 Å². The van der Waals surface area contributed by atoms with Crippen molar-refractivity contribution < 1.29 is 8.83 Å². The van der Waals surface area contributed by atoms with Gasteiger partial charge in [-0.15, -0.1) is 0 Å². The number of allylic oxidation sites excluding steroid dienone is 2. The summed E-state index contributed by atoms with van der Waals surface area (Å²) in [7, 11) is 0. The molecular formula is C58H36N4O2. The summed E-state index contributed by atoms with van der Waals surface area (Å²) in [4.78, 5) is 15.7. The van der Waals surface area contributed by atoms with E-state index in [-0.39, 0.29) is 0 Å². The van der Waals surface area contributed by atoms with Gasteiger partial charge in [-0.25, -0.2) is 4.98 Å². The van der Waals surface area contributed by atoms with Gasteiger partial charge in [-0.3, -0.25) is 4.57 Å². The summed E-state index contributed by atoms with van der Waals surface area (Å²) in [6.45, 7) is 0. The highest BCUT2D eigenvalue weighted by molar-refractivity contribution is 6.14. The van der Waals surface area contributed by atoms with Gasteiger partial charge in [0.05, 0.1) is 11.0 Å². The van der Waals surface area contributed by atoms with Gasteiger partial charge in [0.2, 0.25) is 5.95 Å². The van der Waals surface area contributed by atoms with Crippen LogP contribution >= 0.6 is 0 Å². The number of fused-ring (bicyclic) bond motifs is 9. The maximum Gasteiger partial charge on any atom is 0.238 e. The average Bonchev–Trinajstić information content (AvgIpc) is 3.97.